The van der Waals surface area contributed by atoms with Crippen LogP contribution in [-0.4, -0.2) is 12.4 Å². The molecule has 1 spiro atoms. The van der Waals surface area contributed by atoms with Crippen molar-refractivity contribution in [2.24, 2.45) is 16.7 Å². The summed E-state index contributed by atoms with van der Waals surface area (Å²) in [6.07, 6.45) is 15.3. The fourth-order valence-corrected chi connectivity index (χ4v) is 7.51. The van der Waals surface area contributed by atoms with Crippen molar-refractivity contribution in [1.82, 2.24) is 0 Å². The number of carbonyl (C=O) groups excluding carboxylic acids is 1. The maximum absolute atomic E-state index is 12.8. The number of allylic oxidation sites excluding steroid dienone is 6. The normalized spacial score (nSPS) is 34.1. The van der Waals surface area contributed by atoms with E-state index in [1.165, 1.54) is 28.0 Å². The van der Waals surface area contributed by atoms with Crippen LogP contribution in [-0.2, 0) is 28.8 Å². The number of hydrogen-bond donors (Lipinski definition) is 0. The molecule has 0 saturated heterocycles. The van der Waals surface area contributed by atoms with E-state index in [0.29, 0.717) is 11.7 Å². The van der Waals surface area contributed by atoms with Crippen molar-refractivity contribution in [2.45, 2.75) is 78.1 Å². The molecule has 0 aromatic heterocycles. The Kier molecular flexibility index (Phi) is 4.39. The predicted octanol–water partition coefficient (Wildman–Crippen LogP) is 6.43. The maximum Gasteiger partial charge on any atom is 0.139 e. The number of rotatable bonds is 1. The summed E-state index contributed by atoms with van der Waals surface area (Å²) in [6, 6.07) is 7.13. The fourth-order valence-electron chi connectivity index (χ4n) is 7.51. The molecule has 1 aromatic carbocycles. The molecule has 1 saturated carbocycles. The van der Waals surface area contributed by atoms with E-state index in [2.05, 4.69) is 44.2 Å². The Morgan fingerprint density at radius 2 is 2.00 bits per heavy atom. The third-order valence-corrected chi connectivity index (χ3v) is 9.39. The highest BCUT2D eigenvalue weighted by Crippen LogP contribution is 2.62. The summed E-state index contributed by atoms with van der Waals surface area (Å²) < 4.78 is 6.26. The van der Waals surface area contributed by atoms with E-state index in [0.717, 1.165) is 70.8 Å². The molecule has 2 bridgehead atoms. The van der Waals surface area contributed by atoms with E-state index in [4.69, 9.17) is 4.74 Å². The lowest BCUT2D eigenvalue weighted by Crippen LogP contribution is -2.41. The van der Waals surface area contributed by atoms with Gasteiger partial charge in [-0.1, -0.05) is 49.3 Å². The number of benzene rings is 1. The lowest BCUT2D eigenvalue weighted by atomic mass is 9.53. The number of Topliss-reactive ketones (excluding diaryl/α,β-unsaturated/α-hetero) is 1. The van der Waals surface area contributed by atoms with Gasteiger partial charge in [0, 0.05) is 30.1 Å². The quantitative estimate of drug-likeness (QED) is 0.495. The Morgan fingerprint density at radius 3 is 2.87 bits per heavy atom. The summed E-state index contributed by atoms with van der Waals surface area (Å²) in [5.41, 5.74) is 9.25. The summed E-state index contributed by atoms with van der Waals surface area (Å²) in [5, 5.41) is 0. The van der Waals surface area contributed by atoms with Crippen LogP contribution in [0.25, 0.3) is 0 Å². The van der Waals surface area contributed by atoms with Gasteiger partial charge in [-0.25, -0.2) is 0 Å². The Hall–Kier alpha value is -2.09. The zero-order valence-corrected chi connectivity index (χ0v) is 19.1. The number of hydrogen-bond acceptors (Lipinski definition) is 2. The number of ketones is 1. The summed E-state index contributed by atoms with van der Waals surface area (Å²) in [7, 11) is 0. The Labute approximate surface area is 186 Å². The van der Waals surface area contributed by atoms with E-state index in [1.54, 1.807) is 11.1 Å². The molecule has 2 heterocycles. The lowest BCUT2D eigenvalue weighted by Gasteiger charge is -2.50. The Bertz CT molecular complexity index is 1050. The van der Waals surface area contributed by atoms with Crippen LogP contribution in [0.4, 0.5) is 0 Å². The summed E-state index contributed by atoms with van der Waals surface area (Å²) in [4.78, 5) is 12.8. The van der Waals surface area contributed by atoms with Gasteiger partial charge in [0.1, 0.15) is 5.78 Å². The van der Waals surface area contributed by atoms with Crippen molar-refractivity contribution >= 4 is 5.78 Å². The molecule has 0 N–H and O–H groups in total. The SMILES string of the molecule is CCc1ccc2c(c1)C[C@]13CCC(=CC1=CCC1=C3CC[C@]3(C)C(=O)CC[C@@H]13)OCC2. The number of fused-ring (bicyclic) bond motifs is 5. The average molecular weight is 415 g/mol. The molecule has 2 aliphatic heterocycles. The minimum Gasteiger partial charge on any atom is -0.498 e. The molecule has 1 aromatic rings. The second-order valence-electron chi connectivity index (χ2n) is 10.7. The van der Waals surface area contributed by atoms with Gasteiger partial charge in [0.15, 0.2) is 0 Å². The van der Waals surface area contributed by atoms with Crippen LogP contribution in [0.1, 0.15) is 75.5 Å². The topological polar surface area (TPSA) is 26.3 Å². The highest BCUT2D eigenvalue weighted by molar-refractivity contribution is 5.88. The highest BCUT2D eigenvalue weighted by Gasteiger charge is 2.54. The highest BCUT2D eigenvalue weighted by atomic mass is 16.5. The van der Waals surface area contributed by atoms with E-state index < -0.39 is 0 Å². The molecule has 162 valence electrons. The van der Waals surface area contributed by atoms with Crippen LogP contribution in [0.15, 0.2) is 52.8 Å². The molecule has 0 amide bonds. The standard InChI is InChI=1S/C29H34O2/c1-3-19-4-5-20-12-15-31-23-10-14-29(18-21(20)16-19)22(17-23)6-7-24-25-8-9-27(30)28(25,2)13-11-26(24)29/h4-6,16-17,25H,3,7-15,18H2,1-2H3/t25-,28-,29+/m0/s1. The first-order valence-electron chi connectivity index (χ1n) is 12.4. The van der Waals surface area contributed by atoms with Crippen molar-refractivity contribution in [1.29, 1.82) is 0 Å². The van der Waals surface area contributed by atoms with Crippen LogP contribution in [0.3, 0.4) is 0 Å². The molecule has 2 nitrogen and oxygen atoms in total. The van der Waals surface area contributed by atoms with Gasteiger partial charge in [0.05, 0.1) is 12.4 Å². The third-order valence-electron chi connectivity index (χ3n) is 9.39. The molecule has 6 aliphatic rings. The average Bonchev–Trinajstić information content (AvgIpc) is 3.09. The van der Waals surface area contributed by atoms with Crippen LogP contribution >= 0.6 is 0 Å². The van der Waals surface area contributed by atoms with Gasteiger partial charge in [-0.05, 0) is 79.2 Å². The summed E-state index contributed by atoms with van der Waals surface area (Å²) >= 11 is 0. The van der Waals surface area contributed by atoms with Gasteiger partial charge in [-0.15, -0.1) is 0 Å². The molecule has 0 radical (unpaired) electrons. The van der Waals surface area contributed by atoms with Gasteiger partial charge in [0.2, 0.25) is 0 Å². The Balaban J connectivity index is 1.52. The molecule has 2 heteroatoms. The van der Waals surface area contributed by atoms with E-state index in [1.807, 2.05) is 0 Å². The molecule has 3 atom stereocenters. The molecule has 1 fully saturated rings. The first-order valence-corrected chi connectivity index (χ1v) is 12.4. The number of ether oxygens (including phenoxy) is 1. The van der Waals surface area contributed by atoms with Gasteiger partial charge >= 0.3 is 0 Å². The molecule has 0 unspecified atom stereocenters. The van der Waals surface area contributed by atoms with Crippen LogP contribution < -0.4 is 0 Å². The van der Waals surface area contributed by atoms with Gasteiger partial charge in [-0.3, -0.25) is 4.79 Å². The monoisotopic (exact) mass is 414 g/mol. The predicted molar refractivity (Wildman–Crippen MR) is 124 cm³/mol. The zero-order valence-electron chi connectivity index (χ0n) is 19.1. The van der Waals surface area contributed by atoms with Crippen LogP contribution in [0.5, 0.6) is 0 Å². The van der Waals surface area contributed by atoms with Gasteiger partial charge in [0.25, 0.3) is 0 Å². The summed E-state index contributed by atoms with van der Waals surface area (Å²) in [5.74, 6) is 2.16. The first kappa shape index (κ1) is 19.6. The van der Waals surface area contributed by atoms with Crippen LogP contribution in [0.2, 0.25) is 0 Å². The number of carbonyl (C=O) groups is 1. The lowest BCUT2D eigenvalue weighted by molar-refractivity contribution is -0.126. The van der Waals surface area contributed by atoms with Gasteiger partial charge < -0.3 is 4.74 Å². The second-order valence-corrected chi connectivity index (χ2v) is 10.7. The number of aryl methyl sites for hydroxylation is 1. The molecular weight excluding hydrogens is 380 g/mol. The zero-order chi connectivity index (χ0) is 21.2. The third kappa shape index (κ3) is 2.79. The smallest absolute Gasteiger partial charge is 0.139 e. The molecule has 31 heavy (non-hydrogen) atoms. The minimum atomic E-state index is -0.108. The van der Waals surface area contributed by atoms with Crippen LogP contribution in [0, 0.1) is 16.7 Å². The molecule has 7 rings (SSSR count). The largest absolute Gasteiger partial charge is 0.498 e. The Morgan fingerprint density at radius 1 is 1.10 bits per heavy atom. The van der Waals surface area contributed by atoms with E-state index >= 15 is 0 Å². The molecule has 4 aliphatic carbocycles. The van der Waals surface area contributed by atoms with Crippen molar-refractivity contribution in [3.63, 3.8) is 0 Å². The van der Waals surface area contributed by atoms with E-state index in [-0.39, 0.29) is 10.8 Å². The van der Waals surface area contributed by atoms with Crippen molar-refractivity contribution in [2.75, 3.05) is 6.61 Å². The maximum atomic E-state index is 12.8. The van der Waals surface area contributed by atoms with Gasteiger partial charge in [-0.2, -0.15) is 0 Å². The first-order chi connectivity index (χ1) is 15.0. The second kappa shape index (κ2) is 6.95. The fraction of sp³-hybridized carbons (Fsp3) is 0.552. The van der Waals surface area contributed by atoms with Crippen molar-refractivity contribution < 1.29 is 9.53 Å². The summed E-state index contributed by atoms with van der Waals surface area (Å²) in [6.45, 7) is 5.29. The molecular formula is C29H34O2. The van der Waals surface area contributed by atoms with E-state index in [9.17, 15) is 4.79 Å². The van der Waals surface area contributed by atoms with Crippen molar-refractivity contribution in [3.8, 4) is 0 Å². The minimum absolute atomic E-state index is 0.103. The van der Waals surface area contributed by atoms with Crippen molar-refractivity contribution in [3.05, 3.63) is 69.5 Å².